The third-order valence-electron chi connectivity index (χ3n) is 4.88. The molecule has 0 saturated carbocycles. The van der Waals surface area contributed by atoms with Crippen molar-refractivity contribution < 1.29 is 19.5 Å². The van der Waals surface area contributed by atoms with Crippen molar-refractivity contribution in [2.75, 3.05) is 19.6 Å². The minimum Gasteiger partial charge on any atom is -0.481 e. The van der Waals surface area contributed by atoms with Crippen LogP contribution < -0.4 is 10.6 Å². The number of aliphatic carboxylic acids is 1. The highest BCUT2D eigenvalue weighted by Gasteiger charge is 2.28. The fraction of sp³-hybridized carbons (Fsp3) is 0.476. The van der Waals surface area contributed by atoms with Gasteiger partial charge in [-0.05, 0) is 31.2 Å². The van der Waals surface area contributed by atoms with Gasteiger partial charge in [-0.3, -0.25) is 9.59 Å². The molecule has 1 saturated heterocycles. The lowest BCUT2D eigenvalue weighted by molar-refractivity contribution is -0.137. The Morgan fingerprint density at radius 1 is 1.21 bits per heavy atom. The number of hydrogen-bond donors (Lipinski definition) is 3. The van der Waals surface area contributed by atoms with E-state index in [1.807, 2.05) is 30.3 Å². The summed E-state index contributed by atoms with van der Waals surface area (Å²) in [6.45, 7) is 1.18. The first kappa shape index (κ1) is 21.3. The van der Waals surface area contributed by atoms with Crippen LogP contribution >= 0.6 is 0 Å². The zero-order valence-electron chi connectivity index (χ0n) is 15.9. The molecule has 0 bridgehead atoms. The second-order valence-electron chi connectivity index (χ2n) is 6.95. The van der Waals surface area contributed by atoms with Gasteiger partial charge in [-0.1, -0.05) is 36.3 Å². The lowest BCUT2D eigenvalue weighted by Crippen LogP contribution is -2.50. The summed E-state index contributed by atoms with van der Waals surface area (Å²) in [6.07, 6.45) is 7.25. The van der Waals surface area contributed by atoms with Crippen LogP contribution in [-0.2, 0) is 16.0 Å². The second-order valence-corrected chi connectivity index (χ2v) is 6.95. The van der Waals surface area contributed by atoms with Crippen molar-refractivity contribution >= 4 is 17.9 Å². The Morgan fingerprint density at radius 3 is 2.50 bits per heavy atom. The Balaban J connectivity index is 1.87. The van der Waals surface area contributed by atoms with E-state index in [9.17, 15) is 14.4 Å². The number of carbonyl (C=O) groups excluding carboxylic acids is 2. The number of carboxylic acids is 1. The molecule has 150 valence electrons. The van der Waals surface area contributed by atoms with E-state index in [4.69, 9.17) is 11.5 Å². The summed E-state index contributed by atoms with van der Waals surface area (Å²) >= 11 is 0. The summed E-state index contributed by atoms with van der Waals surface area (Å²) in [5, 5.41) is 14.6. The van der Waals surface area contributed by atoms with E-state index in [-0.39, 0.29) is 36.9 Å². The second kappa shape index (κ2) is 11.0. The summed E-state index contributed by atoms with van der Waals surface area (Å²) in [4.78, 5) is 37.2. The molecule has 1 aromatic rings. The smallest absolute Gasteiger partial charge is 0.317 e. The van der Waals surface area contributed by atoms with E-state index < -0.39 is 5.97 Å². The molecule has 0 aliphatic carbocycles. The van der Waals surface area contributed by atoms with Crippen LogP contribution in [0.15, 0.2) is 30.3 Å². The van der Waals surface area contributed by atoms with E-state index in [0.717, 1.165) is 5.56 Å². The van der Waals surface area contributed by atoms with E-state index in [2.05, 4.69) is 16.6 Å². The van der Waals surface area contributed by atoms with Crippen molar-refractivity contribution in [1.29, 1.82) is 0 Å². The molecule has 0 aromatic heterocycles. The van der Waals surface area contributed by atoms with E-state index >= 15 is 0 Å². The molecule has 1 unspecified atom stereocenters. The molecule has 1 heterocycles. The molecule has 1 fully saturated rings. The van der Waals surface area contributed by atoms with E-state index in [0.29, 0.717) is 38.8 Å². The molecule has 0 spiro atoms. The predicted octanol–water partition coefficient (Wildman–Crippen LogP) is 1.63. The summed E-state index contributed by atoms with van der Waals surface area (Å²) in [5.41, 5.74) is 1.04. The minimum atomic E-state index is -0.883. The molecule has 28 heavy (non-hydrogen) atoms. The average Bonchev–Trinajstić information content (AvgIpc) is 2.71. The molecule has 7 nitrogen and oxygen atoms in total. The number of benzene rings is 1. The molecule has 2 rings (SSSR count). The van der Waals surface area contributed by atoms with Gasteiger partial charge in [-0.2, -0.15) is 0 Å². The number of hydrogen-bond acceptors (Lipinski definition) is 3. The van der Waals surface area contributed by atoms with Crippen molar-refractivity contribution in [2.45, 2.75) is 38.1 Å². The fourth-order valence-electron chi connectivity index (χ4n) is 3.31. The number of nitrogens with zero attached hydrogens (tertiary/aromatic N) is 1. The zero-order chi connectivity index (χ0) is 20.4. The summed E-state index contributed by atoms with van der Waals surface area (Å²) in [6, 6.07) is 9.19. The van der Waals surface area contributed by atoms with Crippen LogP contribution in [0, 0.1) is 18.3 Å². The highest BCUT2D eigenvalue weighted by Crippen LogP contribution is 2.18. The van der Waals surface area contributed by atoms with Crippen molar-refractivity contribution in [3.05, 3.63) is 35.9 Å². The van der Waals surface area contributed by atoms with Gasteiger partial charge < -0.3 is 20.6 Å². The van der Waals surface area contributed by atoms with Gasteiger partial charge in [-0.25, -0.2) is 4.79 Å². The topological polar surface area (TPSA) is 98.7 Å². The fourth-order valence-corrected chi connectivity index (χ4v) is 3.31. The number of terminal acetylenes is 1. The van der Waals surface area contributed by atoms with E-state index in [1.54, 1.807) is 4.90 Å². The number of urea groups is 1. The maximum atomic E-state index is 12.6. The van der Waals surface area contributed by atoms with Crippen molar-refractivity contribution in [3.8, 4) is 12.3 Å². The number of piperidine rings is 1. The van der Waals surface area contributed by atoms with Crippen LogP contribution in [0.1, 0.15) is 31.2 Å². The highest BCUT2D eigenvalue weighted by atomic mass is 16.4. The average molecular weight is 385 g/mol. The Kier molecular flexibility index (Phi) is 8.35. The molecular formula is C21H27N3O4. The highest BCUT2D eigenvalue weighted by molar-refractivity contribution is 5.80. The predicted molar refractivity (Wildman–Crippen MR) is 105 cm³/mol. The number of carboxylic acid groups (broad SMARTS) is 1. The Labute approximate surface area is 165 Å². The van der Waals surface area contributed by atoms with Gasteiger partial charge in [0.15, 0.2) is 0 Å². The Hall–Kier alpha value is -3.01. The maximum absolute atomic E-state index is 12.6. The quantitative estimate of drug-likeness (QED) is 0.593. The minimum absolute atomic E-state index is 0.00476. The first-order chi connectivity index (χ1) is 13.5. The Morgan fingerprint density at radius 2 is 1.89 bits per heavy atom. The SMILES string of the molecule is C#CCNC(=O)C1CCN(C(=O)NC(CCC(=O)O)Cc2ccccc2)CC1. The lowest BCUT2D eigenvalue weighted by atomic mass is 9.96. The summed E-state index contributed by atoms with van der Waals surface area (Å²) in [7, 11) is 0. The summed E-state index contributed by atoms with van der Waals surface area (Å²) < 4.78 is 0. The summed E-state index contributed by atoms with van der Waals surface area (Å²) in [5.74, 6) is 1.29. The van der Waals surface area contributed by atoms with Crippen LogP contribution in [0.2, 0.25) is 0 Å². The van der Waals surface area contributed by atoms with Gasteiger partial charge in [0.2, 0.25) is 5.91 Å². The first-order valence-corrected chi connectivity index (χ1v) is 9.52. The van der Waals surface area contributed by atoms with Gasteiger partial charge in [0.1, 0.15) is 0 Å². The standard InChI is InChI=1S/C21H27N3O4/c1-2-12-22-20(27)17-10-13-24(14-11-17)21(28)23-18(8-9-19(25)26)15-16-6-4-3-5-7-16/h1,3-7,17-18H,8-15H2,(H,22,27)(H,23,28)(H,25,26). The van der Waals surface area contributed by atoms with Crippen LogP contribution in [0.3, 0.4) is 0 Å². The molecule has 1 aliphatic heterocycles. The van der Waals surface area contributed by atoms with Crippen LogP contribution in [0.5, 0.6) is 0 Å². The third-order valence-corrected chi connectivity index (χ3v) is 4.88. The van der Waals surface area contributed by atoms with Crippen LogP contribution in [0.4, 0.5) is 4.79 Å². The third kappa shape index (κ3) is 6.95. The monoisotopic (exact) mass is 385 g/mol. The van der Waals surface area contributed by atoms with Gasteiger partial charge in [0, 0.05) is 31.5 Å². The molecule has 1 aromatic carbocycles. The maximum Gasteiger partial charge on any atom is 0.317 e. The molecule has 0 radical (unpaired) electrons. The van der Waals surface area contributed by atoms with Crippen LogP contribution in [0.25, 0.3) is 0 Å². The van der Waals surface area contributed by atoms with Gasteiger partial charge >= 0.3 is 12.0 Å². The molecule has 1 atom stereocenters. The van der Waals surface area contributed by atoms with Crippen LogP contribution in [-0.4, -0.2) is 53.6 Å². The first-order valence-electron chi connectivity index (χ1n) is 9.52. The van der Waals surface area contributed by atoms with Gasteiger partial charge in [0.05, 0.1) is 6.54 Å². The number of rotatable bonds is 8. The largest absolute Gasteiger partial charge is 0.481 e. The van der Waals surface area contributed by atoms with Gasteiger partial charge in [-0.15, -0.1) is 6.42 Å². The number of nitrogens with one attached hydrogen (secondary N) is 2. The van der Waals surface area contributed by atoms with Crippen molar-refractivity contribution in [3.63, 3.8) is 0 Å². The molecular weight excluding hydrogens is 358 g/mol. The Bertz CT molecular complexity index is 706. The molecule has 7 heteroatoms. The number of amides is 3. The number of carbonyl (C=O) groups is 3. The zero-order valence-corrected chi connectivity index (χ0v) is 15.9. The number of likely N-dealkylation sites (tertiary alicyclic amines) is 1. The molecule has 1 aliphatic rings. The molecule has 3 N–H and O–H groups in total. The van der Waals surface area contributed by atoms with Gasteiger partial charge in [0.25, 0.3) is 0 Å². The van der Waals surface area contributed by atoms with Crippen molar-refractivity contribution in [1.82, 2.24) is 15.5 Å². The van der Waals surface area contributed by atoms with E-state index in [1.165, 1.54) is 0 Å². The lowest BCUT2D eigenvalue weighted by Gasteiger charge is -2.32. The van der Waals surface area contributed by atoms with Crippen molar-refractivity contribution in [2.24, 2.45) is 5.92 Å². The molecule has 3 amide bonds. The normalized spacial score (nSPS) is 15.3.